The molecule has 2 aromatic heterocycles. The van der Waals surface area contributed by atoms with Gasteiger partial charge in [-0.2, -0.15) is 28.0 Å². The summed E-state index contributed by atoms with van der Waals surface area (Å²) in [5.74, 6) is -2.35. The van der Waals surface area contributed by atoms with E-state index in [4.69, 9.17) is 27.8 Å². The van der Waals surface area contributed by atoms with Crippen LogP contribution >= 0.6 is 23.2 Å². The molecular formula is C32H24Cl2CrN10NaO11S+. The van der Waals surface area contributed by atoms with Crippen LogP contribution in [-0.4, -0.2) is 62.8 Å². The second kappa shape index (κ2) is 19.3. The van der Waals surface area contributed by atoms with Crippen molar-refractivity contribution < 1.29 is 90.2 Å². The van der Waals surface area contributed by atoms with Crippen LogP contribution in [0.4, 0.5) is 34.1 Å². The maximum absolute atomic E-state index is 11.4. The Balaban J connectivity index is 0.000000303. The maximum atomic E-state index is 11.4. The summed E-state index contributed by atoms with van der Waals surface area (Å²) in [5.41, 5.74) is -0.872. The minimum absolute atomic E-state index is 0. The summed E-state index contributed by atoms with van der Waals surface area (Å²) in [6.45, 7) is 3.11. The first-order chi connectivity index (χ1) is 26.4. The van der Waals surface area contributed by atoms with Crippen molar-refractivity contribution >= 4 is 67.4 Å². The van der Waals surface area contributed by atoms with Crippen molar-refractivity contribution in [2.24, 2.45) is 20.5 Å². The van der Waals surface area contributed by atoms with E-state index >= 15 is 0 Å². The van der Waals surface area contributed by atoms with Gasteiger partial charge in [0.1, 0.15) is 16.3 Å². The summed E-state index contributed by atoms with van der Waals surface area (Å²) in [4.78, 5) is 19.3. The molecule has 6 rings (SSSR count). The molecule has 4 aromatic carbocycles. The van der Waals surface area contributed by atoms with Crippen LogP contribution in [0.5, 0.6) is 23.3 Å². The smallest absolute Gasteiger partial charge is 0.501 e. The number of nitro benzene ring substituents is 2. The van der Waals surface area contributed by atoms with Gasteiger partial charge >= 0.3 is 40.9 Å². The predicted molar refractivity (Wildman–Crippen MR) is 198 cm³/mol. The first-order valence-electron chi connectivity index (χ1n) is 15.2. The Bertz CT molecular complexity index is 2700. The molecule has 0 amide bonds. The summed E-state index contributed by atoms with van der Waals surface area (Å²) >= 11 is 11.7. The van der Waals surface area contributed by atoms with Crippen molar-refractivity contribution in [3.8, 4) is 34.6 Å². The molecule has 0 unspecified atom stereocenters. The molecule has 58 heavy (non-hydrogen) atoms. The third kappa shape index (κ3) is 10.5. The molecule has 0 radical (unpaired) electrons. The van der Waals surface area contributed by atoms with Crippen molar-refractivity contribution in [1.29, 1.82) is 0 Å². The fourth-order valence-electron chi connectivity index (χ4n) is 4.72. The van der Waals surface area contributed by atoms with E-state index in [2.05, 4.69) is 30.7 Å². The summed E-state index contributed by atoms with van der Waals surface area (Å²) in [7, 11) is -4.83. The number of phenolic OH excluding ortho intramolecular Hbond substituents is 2. The van der Waals surface area contributed by atoms with Crippen LogP contribution < -0.4 is 29.6 Å². The number of halogens is 2. The standard InChI is InChI=1S/C16H12ClN5O7S.C16H12ClN5O4.Cr.Na/c1-8-14(16(24)21(20-8)10-4-2-3-9(17)5-10)19-18-12-6-11(30(27,28)29)7-13(15(12)23)22(25)26;1-9-14(16(24)21(20-9)11-5-3-2-4-6-11)19-18-12-7-10(17)8-13(15(12)23)22(25)26;;/h2-7,23-24H,1H3,(H,27,28,29);2-8,23-24H,1H3;;/q;;;+1. The fourth-order valence-corrected chi connectivity index (χ4v) is 5.63. The largest absolute Gasteiger partial charge is 1.00 e. The average molecular weight is 903 g/mol. The molecule has 5 N–H and O–H groups in total. The molecule has 0 aliphatic carbocycles. The van der Waals surface area contributed by atoms with E-state index in [1.807, 2.05) is 6.07 Å². The number of aromatic nitrogens is 4. The second-order valence-corrected chi connectivity index (χ2v) is 13.4. The minimum atomic E-state index is -4.83. The van der Waals surface area contributed by atoms with E-state index < -0.39 is 59.3 Å². The van der Waals surface area contributed by atoms with Crippen molar-refractivity contribution in [3.63, 3.8) is 0 Å². The van der Waals surface area contributed by atoms with E-state index in [0.29, 0.717) is 34.2 Å². The van der Waals surface area contributed by atoms with Crippen molar-refractivity contribution in [3.05, 3.63) is 121 Å². The van der Waals surface area contributed by atoms with Crippen molar-refractivity contribution in [2.45, 2.75) is 18.7 Å². The van der Waals surface area contributed by atoms with Crippen LogP contribution in [0.3, 0.4) is 0 Å². The van der Waals surface area contributed by atoms with Crippen LogP contribution in [0.25, 0.3) is 11.4 Å². The Morgan fingerprint density at radius 2 is 1.12 bits per heavy atom. The molecule has 0 saturated heterocycles. The molecule has 0 aliphatic rings. The molecule has 0 saturated carbocycles. The molecule has 0 aliphatic heterocycles. The first-order valence-corrected chi connectivity index (χ1v) is 17.4. The summed E-state index contributed by atoms with van der Waals surface area (Å²) in [6.07, 6.45) is 0. The van der Waals surface area contributed by atoms with Crippen molar-refractivity contribution in [1.82, 2.24) is 19.6 Å². The third-order valence-electron chi connectivity index (χ3n) is 7.35. The Kier molecular flexibility index (Phi) is 15.6. The Labute approximate surface area is 369 Å². The van der Waals surface area contributed by atoms with E-state index in [0.717, 1.165) is 10.7 Å². The number of nitrogens with zero attached hydrogens (tertiary/aromatic N) is 10. The monoisotopic (exact) mass is 901 g/mol. The van der Waals surface area contributed by atoms with E-state index in [1.165, 1.54) is 23.7 Å². The van der Waals surface area contributed by atoms with Crippen LogP contribution in [0.2, 0.25) is 10.0 Å². The van der Waals surface area contributed by atoms with E-state index in [-0.39, 0.29) is 80.6 Å². The quantitative estimate of drug-likeness (QED) is 0.0400. The van der Waals surface area contributed by atoms with Gasteiger partial charge < -0.3 is 20.4 Å². The topological polar surface area (TPSA) is 307 Å². The van der Waals surface area contributed by atoms with Crippen LogP contribution in [-0.2, 0) is 27.5 Å². The molecule has 0 bridgehead atoms. The van der Waals surface area contributed by atoms with Gasteiger partial charge in [-0.3, -0.25) is 24.8 Å². The number of aromatic hydroxyl groups is 4. The van der Waals surface area contributed by atoms with Crippen LogP contribution in [0.15, 0.2) is 104 Å². The zero-order valence-electron chi connectivity index (χ0n) is 29.7. The van der Waals surface area contributed by atoms with Crippen LogP contribution in [0.1, 0.15) is 11.4 Å². The summed E-state index contributed by atoms with van der Waals surface area (Å²) in [6, 6.07) is 18.7. The summed E-state index contributed by atoms with van der Waals surface area (Å²) < 4.78 is 34.3. The average Bonchev–Trinajstić information content (AvgIpc) is 3.59. The normalized spacial score (nSPS) is 11.1. The SMILES string of the molecule is Cc1nn(-c2cccc(Cl)c2)c(O)c1N=Nc1cc(S(=O)(=O)O)cc([N+](=O)[O-])c1O.Cc1nn(-c2ccccc2)c(O)c1N=Nc1cc(Cl)cc([N+](=O)[O-])c1O.[Cr].[Na+]. The van der Waals surface area contributed by atoms with E-state index in [9.17, 15) is 49.1 Å². The van der Waals surface area contributed by atoms with Crippen LogP contribution in [0, 0.1) is 34.1 Å². The zero-order valence-corrected chi connectivity index (χ0v) is 35.3. The molecule has 21 nitrogen and oxygen atoms in total. The molecule has 6 aromatic rings. The predicted octanol–water partition coefficient (Wildman–Crippen LogP) is 5.39. The van der Waals surface area contributed by atoms with Gasteiger partial charge in [-0.15, -0.1) is 20.5 Å². The fraction of sp³-hybridized carbons (Fsp3) is 0.0625. The van der Waals surface area contributed by atoms with Gasteiger partial charge in [-0.25, -0.2) is 0 Å². The van der Waals surface area contributed by atoms with Gasteiger partial charge in [-0.05, 0) is 56.3 Å². The Morgan fingerprint density at radius 1 is 0.655 bits per heavy atom. The number of aryl methyl sites for hydroxylation is 2. The van der Waals surface area contributed by atoms with Gasteiger partial charge in [0.15, 0.2) is 11.4 Å². The number of phenols is 2. The van der Waals surface area contributed by atoms with Crippen molar-refractivity contribution in [2.75, 3.05) is 0 Å². The number of para-hydroxylation sites is 1. The number of rotatable bonds is 9. The van der Waals surface area contributed by atoms with Gasteiger partial charge in [0, 0.05) is 39.5 Å². The zero-order chi connectivity index (χ0) is 41.1. The first kappa shape index (κ1) is 46.9. The van der Waals surface area contributed by atoms with Gasteiger partial charge in [0.2, 0.25) is 23.3 Å². The molecule has 2 heterocycles. The van der Waals surface area contributed by atoms with Gasteiger partial charge in [0.05, 0.1) is 32.6 Å². The molecule has 0 spiro atoms. The Morgan fingerprint density at radius 3 is 1.60 bits per heavy atom. The van der Waals surface area contributed by atoms with Gasteiger partial charge in [-0.1, -0.05) is 47.5 Å². The summed E-state index contributed by atoms with van der Waals surface area (Å²) in [5, 5.41) is 86.4. The number of hydrogen-bond donors (Lipinski definition) is 5. The molecule has 0 atom stereocenters. The third-order valence-corrected chi connectivity index (χ3v) is 8.63. The minimum Gasteiger partial charge on any atom is -0.501 e. The number of benzene rings is 4. The number of azo groups is 2. The molecule has 294 valence electrons. The molecule has 0 fully saturated rings. The number of hydrogen-bond acceptors (Lipinski definition) is 16. The second-order valence-electron chi connectivity index (χ2n) is 11.1. The van der Waals surface area contributed by atoms with Gasteiger partial charge in [0.25, 0.3) is 10.1 Å². The number of nitro groups is 2. The molecule has 26 heteroatoms. The Hall–Kier alpha value is -5.48. The molecular weight excluding hydrogens is 878 g/mol. The van der Waals surface area contributed by atoms with E-state index in [1.54, 1.807) is 49.4 Å². The maximum Gasteiger partial charge on any atom is 1.00 e.